The van der Waals surface area contributed by atoms with Crippen LogP contribution in [0.1, 0.15) is 37.8 Å². The highest BCUT2D eigenvalue weighted by molar-refractivity contribution is 9.10. The fourth-order valence-electron chi connectivity index (χ4n) is 2.57. The van der Waals surface area contributed by atoms with Crippen molar-refractivity contribution in [3.63, 3.8) is 0 Å². The Hall–Kier alpha value is -0.450. The van der Waals surface area contributed by atoms with Crippen molar-refractivity contribution < 1.29 is 0 Å². The van der Waals surface area contributed by atoms with Gasteiger partial charge in [0, 0.05) is 44.0 Å². The van der Waals surface area contributed by atoms with Gasteiger partial charge in [-0.05, 0) is 28.4 Å². The van der Waals surface area contributed by atoms with Crippen LogP contribution in [0, 0.1) is 0 Å². The highest BCUT2D eigenvalue weighted by atomic mass is 79.9. The molecule has 2 rings (SSSR count). The Bertz CT molecular complexity index is 364. The molecule has 0 spiro atoms. The predicted octanol–water partition coefficient (Wildman–Crippen LogP) is 2.98. The van der Waals surface area contributed by atoms with Gasteiger partial charge in [0.1, 0.15) is 4.60 Å². The van der Waals surface area contributed by atoms with Gasteiger partial charge in [0.25, 0.3) is 0 Å². The number of hydrogen-bond donors (Lipinski definition) is 1. The third-order valence-corrected chi connectivity index (χ3v) is 4.23. The summed E-state index contributed by atoms with van der Waals surface area (Å²) in [5.74, 6) is 0. The summed E-state index contributed by atoms with van der Waals surface area (Å²) in [6.07, 6.45) is 5.60. The van der Waals surface area contributed by atoms with Gasteiger partial charge >= 0.3 is 0 Å². The third-order valence-electron chi connectivity index (χ3n) is 3.57. The summed E-state index contributed by atoms with van der Waals surface area (Å²) in [4.78, 5) is 6.97. The summed E-state index contributed by atoms with van der Waals surface area (Å²) in [7, 11) is 0. The molecule has 1 atom stereocenters. The first-order chi connectivity index (χ1) is 8.83. The molecule has 2 heterocycles. The molecule has 100 valence electrons. The molecule has 0 aromatic carbocycles. The summed E-state index contributed by atoms with van der Waals surface area (Å²) in [5, 5.41) is 3.42. The minimum Gasteiger partial charge on any atom is -0.314 e. The fourth-order valence-corrected chi connectivity index (χ4v) is 3.09. The van der Waals surface area contributed by atoms with E-state index in [0.29, 0.717) is 6.04 Å². The molecule has 1 aromatic rings. The number of unbranched alkanes of at least 4 members (excludes halogenated alkanes) is 1. The number of halogens is 1. The van der Waals surface area contributed by atoms with Gasteiger partial charge in [-0.1, -0.05) is 25.8 Å². The van der Waals surface area contributed by atoms with Crippen LogP contribution < -0.4 is 5.32 Å². The van der Waals surface area contributed by atoms with Crippen molar-refractivity contribution in [2.45, 2.75) is 32.2 Å². The minimum absolute atomic E-state index is 0.509. The molecule has 1 saturated heterocycles. The first kappa shape index (κ1) is 14.0. The van der Waals surface area contributed by atoms with Crippen LogP contribution in [0.5, 0.6) is 0 Å². The molecule has 4 heteroatoms. The lowest BCUT2D eigenvalue weighted by Crippen LogP contribution is -2.45. The summed E-state index contributed by atoms with van der Waals surface area (Å²) in [5.41, 5.74) is 1.34. The van der Waals surface area contributed by atoms with Crippen LogP contribution in [-0.4, -0.2) is 36.1 Å². The number of nitrogens with zero attached hydrogens (tertiary/aromatic N) is 2. The average Bonchev–Trinajstić information content (AvgIpc) is 2.42. The van der Waals surface area contributed by atoms with Crippen molar-refractivity contribution in [1.29, 1.82) is 0 Å². The molecule has 0 amide bonds. The van der Waals surface area contributed by atoms with Crippen molar-refractivity contribution >= 4 is 15.9 Å². The van der Waals surface area contributed by atoms with Crippen LogP contribution in [0.2, 0.25) is 0 Å². The molecule has 0 aliphatic carbocycles. The number of piperazine rings is 1. The Morgan fingerprint density at radius 1 is 1.44 bits per heavy atom. The summed E-state index contributed by atoms with van der Waals surface area (Å²) in [6.45, 7) is 6.72. The van der Waals surface area contributed by atoms with Crippen molar-refractivity contribution in [1.82, 2.24) is 15.2 Å². The van der Waals surface area contributed by atoms with Gasteiger partial charge in [0.15, 0.2) is 0 Å². The van der Waals surface area contributed by atoms with Crippen LogP contribution in [-0.2, 0) is 0 Å². The Labute approximate surface area is 118 Å². The quantitative estimate of drug-likeness (QED) is 0.847. The highest BCUT2D eigenvalue weighted by Gasteiger charge is 2.23. The highest BCUT2D eigenvalue weighted by Crippen LogP contribution is 2.30. The molecule has 0 saturated carbocycles. The smallest absolute Gasteiger partial charge is 0.110 e. The van der Waals surface area contributed by atoms with Crippen LogP contribution in [0.3, 0.4) is 0 Å². The minimum atomic E-state index is 0.509. The zero-order valence-electron chi connectivity index (χ0n) is 11.0. The maximum absolute atomic E-state index is 4.38. The molecule has 1 aromatic heterocycles. The SMILES string of the molecule is CCCC[C@@H](c1cccnc1Br)N1CCNCC1. The van der Waals surface area contributed by atoms with Crippen LogP contribution in [0.4, 0.5) is 0 Å². The van der Waals surface area contributed by atoms with Crippen LogP contribution in [0.25, 0.3) is 0 Å². The van der Waals surface area contributed by atoms with E-state index in [-0.39, 0.29) is 0 Å². The summed E-state index contributed by atoms with van der Waals surface area (Å²) >= 11 is 3.60. The predicted molar refractivity (Wildman–Crippen MR) is 78.6 cm³/mol. The third kappa shape index (κ3) is 3.53. The van der Waals surface area contributed by atoms with E-state index in [1.165, 1.54) is 24.8 Å². The van der Waals surface area contributed by atoms with Crippen molar-refractivity contribution in [3.8, 4) is 0 Å². The molecule has 1 fully saturated rings. The number of pyridine rings is 1. The lowest BCUT2D eigenvalue weighted by molar-refractivity contribution is 0.162. The molecule has 0 bridgehead atoms. The van der Waals surface area contributed by atoms with Gasteiger partial charge in [-0.2, -0.15) is 0 Å². The van der Waals surface area contributed by atoms with Crippen molar-refractivity contribution in [2.24, 2.45) is 0 Å². The van der Waals surface area contributed by atoms with Crippen molar-refractivity contribution in [3.05, 3.63) is 28.5 Å². The molecule has 0 radical (unpaired) electrons. The van der Waals surface area contributed by atoms with Gasteiger partial charge < -0.3 is 5.32 Å². The second-order valence-corrected chi connectivity index (χ2v) is 5.58. The number of aromatic nitrogens is 1. The van der Waals surface area contributed by atoms with E-state index in [1.54, 1.807) is 0 Å². The average molecular weight is 312 g/mol. The second-order valence-electron chi connectivity index (χ2n) is 4.83. The van der Waals surface area contributed by atoms with Gasteiger partial charge in [-0.15, -0.1) is 0 Å². The molecule has 18 heavy (non-hydrogen) atoms. The largest absolute Gasteiger partial charge is 0.314 e. The standard InChI is InChI=1S/C14H22BrN3/c1-2-3-6-13(18-10-8-16-9-11-18)12-5-4-7-17-14(12)15/h4-5,7,13,16H,2-3,6,8-11H2,1H3/t13-/m0/s1. The van der Waals surface area contributed by atoms with Crippen LogP contribution >= 0.6 is 15.9 Å². The zero-order chi connectivity index (χ0) is 12.8. The maximum atomic E-state index is 4.38. The Morgan fingerprint density at radius 2 is 2.22 bits per heavy atom. The molecular formula is C14H22BrN3. The number of hydrogen-bond acceptors (Lipinski definition) is 3. The van der Waals surface area contributed by atoms with Gasteiger partial charge in [0.05, 0.1) is 0 Å². The lowest BCUT2D eigenvalue weighted by atomic mass is 10.0. The molecule has 3 nitrogen and oxygen atoms in total. The molecule has 1 N–H and O–H groups in total. The maximum Gasteiger partial charge on any atom is 0.110 e. The van der Waals surface area contributed by atoms with Gasteiger partial charge in [0.2, 0.25) is 0 Å². The Balaban J connectivity index is 2.15. The van der Waals surface area contributed by atoms with Gasteiger partial charge in [-0.3, -0.25) is 4.90 Å². The number of rotatable bonds is 5. The number of nitrogens with one attached hydrogen (secondary N) is 1. The first-order valence-electron chi connectivity index (χ1n) is 6.88. The topological polar surface area (TPSA) is 28.2 Å². The van der Waals surface area contributed by atoms with E-state index >= 15 is 0 Å². The molecular weight excluding hydrogens is 290 g/mol. The Kier molecular flexibility index (Phi) is 5.60. The van der Waals surface area contributed by atoms with Gasteiger partial charge in [-0.25, -0.2) is 4.98 Å². The lowest BCUT2D eigenvalue weighted by Gasteiger charge is -2.35. The van der Waals surface area contributed by atoms with E-state index in [1.807, 2.05) is 12.3 Å². The molecule has 1 aliphatic rings. The van der Waals surface area contributed by atoms with E-state index in [9.17, 15) is 0 Å². The van der Waals surface area contributed by atoms with Crippen molar-refractivity contribution in [2.75, 3.05) is 26.2 Å². The summed E-state index contributed by atoms with van der Waals surface area (Å²) in [6, 6.07) is 4.76. The summed E-state index contributed by atoms with van der Waals surface area (Å²) < 4.78 is 1.00. The molecule has 0 unspecified atom stereocenters. The van der Waals surface area contributed by atoms with E-state index in [4.69, 9.17) is 0 Å². The van der Waals surface area contributed by atoms with E-state index < -0.39 is 0 Å². The first-order valence-corrected chi connectivity index (χ1v) is 7.67. The second kappa shape index (κ2) is 7.22. The fraction of sp³-hybridized carbons (Fsp3) is 0.643. The zero-order valence-corrected chi connectivity index (χ0v) is 12.6. The monoisotopic (exact) mass is 311 g/mol. The molecule has 1 aliphatic heterocycles. The van der Waals surface area contributed by atoms with Crippen LogP contribution in [0.15, 0.2) is 22.9 Å². The normalized spacial score (nSPS) is 18.8. The Morgan fingerprint density at radius 3 is 2.89 bits per heavy atom. The van der Waals surface area contributed by atoms with E-state index in [0.717, 1.165) is 30.8 Å². The van der Waals surface area contributed by atoms with E-state index in [2.05, 4.69) is 44.1 Å².